The van der Waals surface area contributed by atoms with E-state index in [1.165, 1.54) is 0 Å². The number of anilines is 1. The van der Waals surface area contributed by atoms with Gasteiger partial charge in [0, 0.05) is 25.0 Å². The first-order chi connectivity index (χ1) is 9.63. The van der Waals surface area contributed by atoms with Gasteiger partial charge in [-0.05, 0) is 19.1 Å². The average Bonchev–Trinajstić information content (AvgIpc) is 2.86. The van der Waals surface area contributed by atoms with Gasteiger partial charge in [-0.25, -0.2) is 9.97 Å². The van der Waals surface area contributed by atoms with Gasteiger partial charge >= 0.3 is 0 Å². The van der Waals surface area contributed by atoms with Crippen LogP contribution in [-0.4, -0.2) is 26.5 Å². The maximum atomic E-state index is 11.9. The number of aromatic nitrogens is 3. The molecule has 1 unspecified atom stereocenters. The first-order valence-electron chi connectivity index (χ1n) is 6.08. The molecule has 102 valence electrons. The maximum Gasteiger partial charge on any atom is 0.242 e. The first kappa shape index (κ1) is 13.8. The number of amides is 1. The number of carbonyl (C=O) groups is 1. The molecule has 0 spiro atoms. The Bertz CT molecular complexity index is 656. The number of hydrogen-bond donors (Lipinski definition) is 2. The second kappa shape index (κ2) is 5.99. The molecule has 0 bridgehead atoms. The van der Waals surface area contributed by atoms with Gasteiger partial charge in [-0.3, -0.25) is 9.36 Å². The molecule has 0 aliphatic heterocycles. The summed E-state index contributed by atoms with van der Waals surface area (Å²) in [5.41, 5.74) is 6.24. The lowest BCUT2D eigenvalue weighted by atomic mass is 10.2. The van der Waals surface area contributed by atoms with Crippen LogP contribution < -0.4 is 11.1 Å². The molecule has 0 aliphatic rings. The first-order valence-corrected chi connectivity index (χ1v) is 6.08. The minimum Gasteiger partial charge on any atom is -0.322 e. The monoisotopic (exact) mass is 269 g/mol. The smallest absolute Gasteiger partial charge is 0.242 e. The van der Waals surface area contributed by atoms with Crippen molar-refractivity contribution in [3.63, 3.8) is 0 Å². The molecular weight excluding hydrogens is 254 g/mol. The maximum absolute atomic E-state index is 11.9. The van der Waals surface area contributed by atoms with Gasteiger partial charge in [-0.1, -0.05) is 0 Å². The lowest BCUT2D eigenvalue weighted by molar-refractivity contribution is -0.117. The molecule has 0 radical (unpaired) electrons. The molecule has 2 rings (SSSR count). The Hall–Kier alpha value is -2.65. The van der Waals surface area contributed by atoms with E-state index in [0.717, 1.165) is 5.82 Å². The molecule has 0 saturated carbocycles. The van der Waals surface area contributed by atoms with Crippen LogP contribution in [0, 0.1) is 19.3 Å². The highest BCUT2D eigenvalue weighted by Gasteiger charge is 2.15. The molecule has 2 aromatic heterocycles. The summed E-state index contributed by atoms with van der Waals surface area (Å²) in [6.45, 7) is 1.85. The van der Waals surface area contributed by atoms with E-state index in [2.05, 4.69) is 21.2 Å². The fraction of sp³-hybridized carbons (Fsp3) is 0.214. The lowest BCUT2D eigenvalue weighted by Gasteiger charge is -2.13. The van der Waals surface area contributed by atoms with E-state index >= 15 is 0 Å². The number of hydrogen-bond acceptors (Lipinski definition) is 4. The number of nitrogens with one attached hydrogen (secondary N) is 1. The SMILES string of the molecule is C#CCC(N)C(=O)Nc1cccnc1-n1ccnc1C. The van der Waals surface area contributed by atoms with Crippen molar-refractivity contribution in [2.45, 2.75) is 19.4 Å². The van der Waals surface area contributed by atoms with Gasteiger partial charge in [0.25, 0.3) is 0 Å². The van der Waals surface area contributed by atoms with Gasteiger partial charge < -0.3 is 11.1 Å². The molecule has 0 aromatic carbocycles. The number of imidazole rings is 1. The second-order valence-electron chi connectivity index (χ2n) is 4.22. The molecule has 6 heteroatoms. The van der Waals surface area contributed by atoms with Gasteiger partial charge in [-0.2, -0.15) is 0 Å². The fourth-order valence-electron chi connectivity index (χ4n) is 1.73. The molecule has 1 amide bonds. The third kappa shape index (κ3) is 2.84. The number of carbonyl (C=O) groups excluding carboxylic acids is 1. The largest absolute Gasteiger partial charge is 0.322 e. The van der Waals surface area contributed by atoms with Crippen molar-refractivity contribution in [2.24, 2.45) is 5.73 Å². The molecule has 0 aliphatic carbocycles. The molecule has 0 fully saturated rings. The van der Waals surface area contributed by atoms with Crippen LogP contribution in [0.5, 0.6) is 0 Å². The highest BCUT2D eigenvalue weighted by Crippen LogP contribution is 2.18. The third-order valence-electron chi connectivity index (χ3n) is 2.77. The van der Waals surface area contributed by atoms with Gasteiger partial charge in [0.2, 0.25) is 5.91 Å². The Morgan fingerprint density at radius 2 is 2.35 bits per heavy atom. The van der Waals surface area contributed by atoms with E-state index in [-0.39, 0.29) is 12.3 Å². The van der Waals surface area contributed by atoms with Crippen LogP contribution in [0.25, 0.3) is 5.82 Å². The summed E-state index contributed by atoms with van der Waals surface area (Å²) in [7, 11) is 0. The zero-order valence-electron chi connectivity index (χ0n) is 11.1. The van der Waals surface area contributed by atoms with Crippen LogP contribution in [0.15, 0.2) is 30.7 Å². The van der Waals surface area contributed by atoms with Crippen molar-refractivity contribution >= 4 is 11.6 Å². The predicted octanol–water partition coefficient (Wildman–Crippen LogP) is 0.865. The molecule has 1 atom stereocenters. The minimum absolute atomic E-state index is 0.186. The van der Waals surface area contributed by atoms with E-state index in [0.29, 0.717) is 11.5 Å². The van der Waals surface area contributed by atoms with Crippen molar-refractivity contribution in [1.82, 2.24) is 14.5 Å². The highest BCUT2D eigenvalue weighted by atomic mass is 16.2. The third-order valence-corrected chi connectivity index (χ3v) is 2.77. The Kier molecular flexibility index (Phi) is 4.13. The summed E-state index contributed by atoms with van der Waals surface area (Å²) in [6, 6.07) is 2.75. The molecule has 20 heavy (non-hydrogen) atoms. The van der Waals surface area contributed by atoms with Crippen molar-refractivity contribution in [3.05, 3.63) is 36.5 Å². The molecule has 2 heterocycles. The quantitative estimate of drug-likeness (QED) is 0.806. The molecule has 2 aromatic rings. The number of nitrogens with two attached hydrogens (primary N) is 1. The Labute approximate surface area is 117 Å². The molecule has 6 nitrogen and oxygen atoms in total. The van der Waals surface area contributed by atoms with Gasteiger partial charge in [0.15, 0.2) is 5.82 Å². The normalized spacial score (nSPS) is 11.7. The van der Waals surface area contributed by atoms with Crippen LogP contribution >= 0.6 is 0 Å². The molecular formula is C14H15N5O. The number of aryl methyl sites for hydroxylation is 1. The number of pyridine rings is 1. The number of terminal acetylenes is 1. The zero-order valence-corrected chi connectivity index (χ0v) is 11.1. The van der Waals surface area contributed by atoms with Crippen LogP contribution in [0.4, 0.5) is 5.69 Å². The zero-order chi connectivity index (χ0) is 14.5. The summed E-state index contributed by atoms with van der Waals surface area (Å²) in [6.07, 6.45) is 10.4. The van der Waals surface area contributed by atoms with E-state index in [1.54, 1.807) is 35.3 Å². The molecule has 0 saturated heterocycles. The van der Waals surface area contributed by atoms with Crippen molar-refractivity contribution < 1.29 is 4.79 Å². The highest BCUT2D eigenvalue weighted by molar-refractivity contribution is 5.96. The van der Waals surface area contributed by atoms with Crippen LogP contribution in [0.3, 0.4) is 0 Å². The minimum atomic E-state index is -0.739. The van der Waals surface area contributed by atoms with Crippen LogP contribution in [-0.2, 0) is 4.79 Å². The van der Waals surface area contributed by atoms with Crippen LogP contribution in [0.1, 0.15) is 12.2 Å². The Morgan fingerprint density at radius 3 is 3.00 bits per heavy atom. The van der Waals surface area contributed by atoms with Crippen molar-refractivity contribution in [1.29, 1.82) is 0 Å². The van der Waals surface area contributed by atoms with Crippen LogP contribution in [0.2, 0.25) is 0 Å². The van der Waals surface area contributed by atoms with E-state index in [9.17, 15) is 4.79 Å². The number of nitrogens with zero attached hydrogens (tertiary/aromatic N) is 3. The summed E-state index contributed by atoms with van der Waals surface area (Å²) >= 11 is 0. The van der Waals surface area contributed by atoms with E-state index < -0.39 is 6.04 Å². The fourth-order valence-corrected chi connectivity index (χ4v) is 1.73. The Morgan fingerprint density at radius 1 is 1.55 bits per heavy atom. The summed E-state index contributed by atoms with van der Waals surface area (Å²) in [4.78, 5) is 20.3. The summed E-state index contributed by atoms with van der Waals surface area (Å²) in [5.74, 6) is 3.39. The number of rotatable bonds is 4. The Balaban J connectivity index is 2.28. The second-order valence-corrected chi connectivity index (χ2v) is 4.22. The molecule has 3 N–H and O–H groups in total. The standard InChI is InChI=1S/C14H15N5O/c1-3-5-11(15)14(20)18-12-6-4-7-17-13(12)19-9-8-16-10(19)2/h1,4,6-9,11H,5,15H2,2H3,(H,18,20). The topological polar surface area (TPSA) is 85.8 Å². The van der Waals surface area contributed by atoms with Gasteiger partial charge in [0.1, 0.15) is 5.82 Å². The van der Waals surface area contributed by atoms with Crippen molar-refractivity contribution in [3.8, 4) is 18.2 Å². The van der Waals surface area contributed by atoms with E-state index in [4.69, 9.17) is 12.2 Å². The summed E-state index contributed by atoms with van der Waals surface area (Å²) < 4.78 is 1.78. The average molecular weight is 269 g/mol. The van der Waals surface area contributed by atoms with E-state index in [1.807, 2.05) is 6.92 Å². The van der Waals surface area contributed by atoms with Gasteiger partial charge in [-0.15, -0.1) is 12.3 Å². The lowest BCUT2D eigenvalue weighted by Crippen LogP contribution is -2.35. The van der Waals surface area contributed by atoms with Crippen molar-refractivity contribution in [2.75, 3.05) is 5.32 Å². The summed E-state index contributed by atoms with van der Waals surface area (Å²) in [5, 5.41) is 2.74. The predicted molar refractivity (Wildman–Crippen MR) is 76.2 cm³/mol. The van der Waals surface area contributed by atoms with Gasteiger partial charge in [0.05, 0.1) is 11.7 Å².